The minimum Gasteiger partial charge on any atom is -0.465 e. The summed E-state index contributed by atoms with van der Waals surface area (Å²) in [4.78, 5) is 25.9. The summed E-state index contributed by atoms with van der Waals surface area (Å²) < 4.78 is 23.3. The molecule has 1 fully saturated rings. The lowest BCUT2D eigenvalue weighted by Crippen LogP contribution is -2.49. The summed E-state index contributed by atoms with van der Waals surface area (Å²) in [5.41, 5.74) is -1.57. The molecule has 1 rings (SSSR count). The van der Waals surface area contributed by atoms with Gasteiger partial charge in [0.1, 0.15) is 0 Å². The minimum absolute atomic E-state index is 0.0135. The molecule has 0 aromatic heterocycles. The van der Waals surface area contributed by atoms with Gasteiger partial charge in [-0.15, -0.1) is 0 Å². The van der Waals surface area contributed by atoms with Gasteiger partial charge in [-0.2, -0.15) is 0 Å². The van der Waals surface area contributed by atoms with Crippen LogP contribution in [0.15, 0.2) is 11.1 Å². The van der Waals surface area contributed by atoms with E-state index in [4.69, 9.17) is 18.9 Å². The molecule has 0 saturated carbocycles. The van der Waals surface area contributed by atoms with Gasteiger partial charge in [0.05, 0.1) is 25.4 Å². The fraction of sp³-hybridized carbons (Fsp3) is 0.810. The molecule has 2 atom stereocenters. The SMILES string of the molecule is C=C(Br)CC(CC1O[C@H](C(C)C)C[C@@H](C(C)C)O1)(C(=O)OCC)C(=O)OCC. The number of ether oxygens (including phenoxy) is 4. The topological polar surface area (TPSA) is 71.1 Å². The number of carbonyl (C=O) groups is 2. The first kappa shape index (κ1) is 25.1. The number of esters is 2. The molecule has 1 saturated heterocycles. The lowest BCUT2D eigenvalue weighted by molar-refractivity contribution is -0.269. The van der Waals surface area contributed by atoms with Gasteiger partial charge in [-0.3, -0.25) is 9.59 Å². The van der Waals surface area contributed by atoms with Crippen LogP contribution in [0.4, 0.5) is 0 Å². The quantitative estimate of drug-likeness (QED) is 0.348. The van der Waals surface area contributed by atoms with Crippen molar-refractivity contribution in [2.75, 3.05) is 13.2 Å². The molecule has 28 heavy (non-hydrogen) atoms. The maximum absolute atomic E-state index is 12.9. The molecule has 162 valence electrons. The van der Waals surface area contributed by atoms with Crippen LogP contribution in [0.5, 0.6) is 0 Å². The second-order valence-electron chi connectivity index (χ2n) is 7.92. The van der Waals surface area contributed by atoms with Gasteiger partial charge in [-0.25, -0.2) is 0 Å². The van der Waals surface area contributed by atoms with E-state index in [0.29, 0.717) is 16.3 Å². The summed E-state index contributed by atoms with van der Waals surface area (Å²) in [5, 5.41) is 0. The number of halogens is 1. The minimum atomic E-state index is -1.57. The summed E-state index contributed by atoms with van der Waals surface area (Å²) in [5.74, 6) is -0.709. The van der Waals surface area contributed by atoms with E-state index < -0.39 is 23.6 Å². The fourth-order valence-electron chi connectivity index (χ4n) is 3.33. The normalized spacial score (nSPS) is 23.0. The van der Waals surface area contributed by atoms with Crippen LogP contribution in [0, 0.1) is 17.3 Å². The Labute approximate surface area is 177 Å². The molecule has 1 aliphatic heterocycles. The van der Waals surface area contributed by atoms with Crippen molar-refractivity contribution in [3.8, 4) is 0 Å². The number of rotatable bonds is 10. The van der Waals surface area contributed by atoms with E-state index in [1.807, 2.05) is 0 Å². The highest BCUT2D eigenvalue weighted by molar-refractivity contribution is 9.11. The van der Waals surface area contributed by atoms with E-state index in [1.54, 1.807) is 13.8 Å². The fourth-order valence-corrected chi connectivity index (χ4v) is 3.81. The zero-order valence-corrected chi connectivity index (χ0v) is 19.5. The van der Waals surface area contributed by atoms with E-state index in [-0.39, 0.29) is 38.3 Å². The van der Waals surface area contributed by atoms with Gasteiger partial charge in [0, 0.05) is 19.3 Å². The van der Waals surface area contributed by atoms with E-state index >= 15 is 0 Å². The number of carbonyl (C=O) groups excluding carboxylic acids is 2. The second-order valence-corrected chi connectivity index (χ2v) is 9.05. The summed E-state index contributed by atoms with van der Waals surface area (Å²) in [6, 6.07) is 0. The molecule has 0 N–H and O–H groups in total. The maximum Gasteiger partial charge on any atom is 0.324 e. The van der Waals surface area contributed by atoms with Gasteiger partial charge in [-0.1, -0.05) is 50.2 Å². The van der Waals surface area contributed by atoms with Crippen LogP contribution in [0.1, 0.15) is 60.8 Å². The zero-order valence-electron chi connectivity index (χ0n) is 18.0. The van der Waals surface area contributed by atoms with Crippen LogP contribution in [-0.4, -0.2) is 43.7 Å². The summed E-state index contributed by atoms with van der Waals surface area (Å²) >= 11 is 3.29. The Morgan fingerprint density at radius 1 is 1.04 bits per heavy atom. The molecule has 1 heterocycles. The average Bonchev–Trinajstić information content (AvgIpc) is 2.60. The Morgan fingerprint density at radius 2 is 1.46 bits per heavy atom. The highest BCUT2D eigenvalue weighted by atomic mass is 79.9. The third kappa shape index (κ3) is 6.56. The van der Waals surface area contributed by atoms with Crippen LogP contribution in [-0.2, 0) is 28.5 Å². The van der Waals surface area contributed by atoms with Gasteiger partial charge in [0.25, 0.3) is 0 Å². The summed E-state index contributed by atoms with van der Waals surface area (Å²) in [6.07, 6.45) is 0.104. The summed E-state index contributed by atoms with van der Waals surface area (Å²) in [6.45, 7) is 15.9. The lowest BCUT2D eigenvalue weighted by Gasteiger charge is -2.41. The predicted octanol–water partition coefficient (Wildman–Crippen LogP) is 4.60. The second kappa shape index (κ2) is 11.3. The van der Waals surface area contributed by atoms with Crippen molar-refractivity contribution in [1.29, 1.82) is 0 Å². The van der Waals surface area contributed by atoms with Crippen molar-refractivity contribution >= 4 is 27.9 Å². The molecule has 0 unspecified atom stereocenters. The van der Waals surface area contributed by atoms with Crippen LogP contribution in [0.25, 0.3) is 0 Å². The smallest absolute Gasteiger partial charge is 0.324 e. The van der Waals surface area contributed by atoms with E-state index in [0.717, 1.165) is 6.42 Å². The van der Waals surface area contributed by atoms with Crippen molar-refractivity contribution in [3.63, 3.8) is 0 Å². The zero-order chi connectivity index (χ0) is 21.5. The first-order valence-electron chi connectivity index (χ1n) is 10.1. The first-order valence-corrected chi connectivity index (χ1v) is 10.8. The molecule has 7 heteroatoms. The van der Waals surface area contributed by atoms with Gasteiger partial charge < -0.3 is 18.9 Å². The predicted molar refractivity (Wildman–Crippen MR) is 111 cm³/mol. The molecule has 0 aromatic rings. The summed E-state index contributed by atoms with van der Waals surface area (Å²) in [7, 11) is 0. The first-order chi connectivity index (χ1) is 13.1. The Bertz CT molecular complexity index is 511. The number of allylic oxidation sites excluding steroid dienone is 1. The van der Waals surface area contributed by atoms with E-state index in [2.05, 4.69) is 50.2 Å². The van der Waals surface area contributed by atoms with Crippen molar-refractivity contribution in [1.82, 2.24) is 0 Å². The molecular formula is C21H35BrO6. The maximum atomic E-state index is 12.9. The largest absolute Gasteiger partial charge is 0.465 e. The monoisotopic (exact) mass is 462 g/mol. The Balaban J connectivity index is 3.25. The van der Waals surface area contributed by atoms with Crippen LogP contribution >= 0.6 is 15.9 Å². The van der Waals surface area contributed by atoms with Crippen LogP contribution < -0.4 is 0 Å². The molecule has 1 aliphatic rings. The Morgan fingerprint density at radius 3 is 1.79 bits per heavy atom. The molecule has 6 nitrogen and oxygen atoms in total. The van der Waals surface area contributed by atoms with Crippen molar-refractivity contribution in [2.24, 2.45) is 17.3 Å². The Hall–Kier alpha value is -0.920. The molecule has 0 amide bonds. The van der Waals surface area contributed by atoms with Crippen LogP contribution in [0.2, 0.25) is 0 Å². The number of hydrogen-bond acceptors (Lipinski definition) is 6. The van der Waals surface area contributed by atoms with Gasteiger partial charge in [0.2, 0.25) is 0 Å². The molecule has 0 bridgehead atoms. The van der Waals surface area contributed by atoms with E-state index in [1.165, 1.54) is 0 Å². The third-order valence-corrected chi connectivity index (χ3v) is 5.23. The Kier molecular flexibility index (Phi) is 10.1. The van der Waals surface area contributed by atoms with Crippen molar-refractivity contribution in [3.05, 3.63) is 11.1 Å². The standard InChI is InChI=1S/C21H35BrO6/c1-8-25-19(23)21(11-15(7)22,20(24)26-9-2)12-18-27-16(13(3)4)10-17(28-18)14(5)6/h13-14,16-18H,7-12H2,1-6H3/t16-,17-/m0/s1. The molecule has 0 aliphatic carbocycles. The van der Waals surface area contributed by atoms with Gasteiger partial charge in [-0.05, 0) is 30.2 Å². The third-order valence-electron chi connectivity index (χ3n) is 4.95. The molecule has 0 radical (unpaired) electrons. The van der Waals surface area contributed by atoms with Crippen molar-refractivity contribution < 1.29 is 28.5 Å². The average molecular weight is 463 g/mol. The van der Waals surface area contributed by atoms with Gasteiger partial charge >= 0.3 is 11.9 Å². The van der Waals surface area contributed by atoms with E-state index in [9.17, 15) is 9.59 Å². The van der Waals surface area contributed by atoms with Crippen molar-refractivity contribution in [2.45, 2.75) is 79.3 Å². The highest BCUT2D eigenvalue weighted by Crippen LogP contribution is 2.40. The molecule has 0 spiro atoms. The van der Waals surface area contributed by atoms with Gasteiger partial charge in [0.15, 0.2) is 11.7 Å². The number of hydrogen-bond donors (Lipinski definition) is 0. The lowest BCUT2D eigenvalue weighted by atomic mass is 9.80. The highest BCUT2D eigenvalue weighted by Gasteiger charge is 2.52. The van der Waals surface area contributed by atoms with Crippen LogP contribution in [0.3, 0.4) is 0 Å². The molecular weight excluding hydrogens is 428 g/mol. The molecule has 0 aromatic carbocycles.